The van der Waals surface area contributed by atoms with Crippen LogP contribution < -0.4 is 5.32 Å². The van der Waals surface area contributed by atoms with Crippen LogP contribution in [0.15, 0.2) is 34.9 Å². The van der Waals surface area contributed by atoms with Crippen LogP contribution in [0.3, 0.4) is 0 Å². The summed E-state index contributed by atoms with van der Waals surface area (Å²) in [6.07, 6.45) is 1.03. The van der Waals surface area contributed by atoms with Gasteiger partial charge in [-0.2, -0.15) is 4.98 Å². The van der Waals surface area contributed by atoms with Gasteiger partial charge in [0, 0.05) is 38.1 Å². The Morgan fingerprint density at radius 2 is 2.00 bits per heavy atom. The van der Waals surface area contributed by atoms with E-state index >= 15 is 0 Å². The summed E-state index contributed by atoms with van der Waals surface area (Å²) < 4.78 is 5.16. The highest BCUT2D eigenvalue weighted by atomic mass is 16.5. The average Bonchev–Trinajstić information content (AvgIpc) is 3.28. The summed E-state index contributed by atoms with van der Waals surface area (Å²) in [4.78, 5) is 20.8. The van der Waals surface area contributed by atoms with Gasteiger partial charge < -0.3 is 14.7 Å². The zero-order chi connectivity index (χ0) is 17.2. The number of urea groups is 1. The minimum atomic E-state index is 0.0525. The first-order valence-electron chi connectivity index (χ1n) is 8.81. The molecule has 2 heterocycles. The molecule has 25 heavy (non-hydrogen) atoms. The molecule has 7 heteroatoms. The van der Waals surface area contributed by atoms with Crippen molar-refractivity contribution in [3.05, 3.63) is 47.6 Å². The number of carbonyl (C=O) groups is 1. The van der Waals surface area contributed by atoms with E-state index < -0.39 is 0 Å². The molecular weight excluding hydrogens is 318 g/mol. The van der Waals surface area contributed by atoms with E-state index in [1.54, 1.807) is 0 Å². The van der Waals surface area contributed by atoms with Gasteiger partial charge in [0.05, 0.1) is 6.54 Å². The molecule has 2 aliphatic rings. The van der Waals surface area contributed by atoms with Crippen molar-refractivity contribution in [2.45, 2.75) is 31.8 Å². The Bertz CT molecular complexity index is 724. The molecule has 7 nitrogen and oxygen atoms in total. The fraction of sp³-hybridized carbons (Fsp3) is 0.500. The van der Waals surface area contributed by atoms with Crippen LogP contribution in [0.2, 0.25) is 0 Å². The lowest BCUT2D eigenvalue weighted by Crippen LogP contribution is -2.52. The first-order chi connectivity index (χ1) is 12.2. The Labute approximate surface area is 147 Å². The molecule has 1 aromatic carbocycles. The second kappa shape index (κ2) is 6.84. The molecule has 1 saturated heterocycles. The predicted octanol–water partition coefficient (Wildman–Crippen LogP) is 1.76. The molecule has 0 spiro atoms. The smallest absolute Gasteiger partial charge is 0.317 e. The quantitative estimate of drug-likeness (QED) is 0.917. The first kappa shape index (κ1) is 16.1. The molecule has 1 aliphatic carbocycles. The van der Waals surface area contributed by atoms with E-state index in [0.717, 1.165) is 32.6 Å². The number of hydrogen-bond donors (Lipinski definition) is 1. The van der Waals surface area contributed by atoms with Crippen molar-refractivity contribution >= 4 is 6.03 Å². The van der Waals surface area contributed by atoms with Gasteiger partial charge in [0.15, 0.2) is 5.82 Å². The number of carbonyl (C=O) groups excluding carboxylic acids is 1. The maximum absolute atomic E-state index is 12.4. The molecule has 2 aromatic rings. The molecule has 0 bridgehead atoms. The van der Waals surface area contributed by atoms with Crippen molar-refractivity contribution < 1.29 is 9.32 Å². The molecule has 1 aromatic heterocycles. The third kappa shape index (κ3) is 3.82. The van der Waals surface area contributed by atoms with Crippen molar-refractivity contribution in [1.29, 1.82) is 0 Å². The summed E-state index contributed by atoms with van der Waals surface area (Å²) in [5, 5.41) is 6.98. The summed E-state index contributed by atoms with van der Waals surface area (Å²) in [6, 6.07) is 10.7. The fourth-order valence-corrected chi connectivity index (χ4v) is 3.38. The van der Waals surface area contributed by atoms with Gasteiger partial charge in [0.1, 0.15) is 0 Å². The van der Waals surface area contributed by atoms with Gasteiger partial charge >= 0.3 is 6.03 Å². The molecule has 0 radical (unpaired) electrons. The SMILES string of the molecule is Cc1noc(CN2CCN(C(=O)N[C@@H]3C[C@H]3c3ccccc3)CC2)n1. The van der Waals surface area contributed by atoms with Crippen LogP contribution in [0, 0.1) is 6.92 Å². The zero-order valence-corrected chi connectivity index (χ0v) is 14.4. The number of benzene rings is 1. The molecule has 0 unspecified atom stereocenters. The highest BCUT2D eigenvalue weighted by Crippen LogP contribution is 2.40. The highest BCUT2D eigenvalue weighted by Gasteiger charge is 2.40. The van der Waals surface area contributed by atoms with Crippen molar-refractivity contribution in [2.24, 2.45) is 0 Å². The molecule has 2 fully saturated rings. The maximum atomic E-state index is 12.4. The van der Waals surface area contributed by atoms with Gasteiger partial charge in [0.2, 0.25) is 5.89 Å². The van der Waals surface area contributed by atoms with Gasteiger partial charge in [-0.15, -0.1) is 0 Å². The summed E-state index contributed by atoms with van der Waals surface area (Å²) in [5.41, 5.74) is 1.31. The van der Waals surface area contributed by atoms with Crippen LogP contribution >= 0.6 is 0 Å². The van der Waals surface area contributed by atoms with Gasteiger partial charge in [-0.3, -0.25) is 4.90 Å². The normalized spacial score (nSPS) is 23.5. The third-order valence-corrected chi connectivity index (χ3v) is 4.92. The lowest BCUT2D eigenvalue weighted by molar-refractivity contribution is 0.126. The van der Waals surface area contributed by atoms with E-state index in [-0.39, 0.29) is 12.1 Å². The van der Waals surface area contributed by atoms with Crippen molar-refractivity contribution in [1.82, 2.24) is 25.3 Å². The lowest BCUT2D eigenvalue weighted by atomic mass is 10.1. The summed E-state index contributed by atoms with van der Waals surface area (Å²) in [6.45, 7) is 5.55. The lowest BCUT2D eigenvalue weighted by Gasteiger charge is -2.34. The Hall–Kier alpha value is -2.41. The second-order valence-electron chi connectivity index (χ2n) is 6.81. The van der Waals surface area contributed by atoms with E-state index in [9.17, 15) is 4.79 Å². The maximum Gasteiger partial charge on any atom is 0.317 e. The molecule has 4 rings (SSSR count). The molecule has 1 saturated carbocycles. The Balaban J connectivity index is 1.22. The average molecular weight is 341 g/mol. The van der Waals surface area contributed by atoms with Crippen LogP contribution in [-0.2, 0) is 6.54 Å². The third-order valence-electron chi connectivity index (χ3n) is 4.92. The van der Waals surface area contributed by atoms with Crippen molar-refractivity contribution in [3.63, 3.8) is 0 Å². The molecule has 132 valence electrons. The van der Waals surface area contributed by atoms with Gasteiger partial charge in [-0.25, -0.2) is 4.79 Å². The Kier molecular flexibility index (Phi) is 4.40. The van der Waals surface area contributed by atoms with E-state index in [1.807, 2.05) is 17.9 Å². The van der Waals surface area contributed by atoms with Gasteiger partial charge in [-0.1, -0.05) is 35.5 Å². The van der Waals surface area contributed by atoms with E-state index in [1.165, 1.54) is 5.56 Å². The molecule has 2 atom stereocenters. The summed E-state index contributed by atoms with van der Waals surface area (Å²) >= 11 is 0. The van der Waals surface area contributed by atoms with Crippen molar-refractivity contribution in [3.8, 4) is 0 Å². The number of rotatable bonds is 4. The topological polar surface area (TPSA) is 74.5 Å². The Morgan fingerprint density at radius 1 is 1.24 bits per heavy atom. The number of nitrogens with zero attached hydrogens (tertiary/aromatic N) is 4. The van der Waals surface area contributed by atoms with E-state index in [0.29, 0.717) is 24.2 Å². The minimum Gasteiger partial charge on any atom is -0.338 e. The predicted molar refractivity (Wildman–Crippen MR) is 92.0 cm³/mol. The van der Waals surface area contributed by atoms with Crippen LogP contribution in [0.5, 0.6) is 0 Å². The van der Waals surface area contributed by atoms with Crippen LogP contribution in [0.4, 0.5) is 4.79 Å². The first-order valence-corrected chi connectivity index (χ1v) is 8.81. The molecule has 2 amide bonds. The number of amides is 2. The van der Waals surface area contributed by atoms with Crippen LogP contribution in [0.1, 0.15) is 29.6 Å². The number of hydrogen-bond acceptors (Lipinski definition) is 5. The number of piperazine rings is 1. The molecule has 1 N–H and O–H groups in total. The Morgan fingerprint density at radius 3 is 2.68 bits per heavy atom. The zero-order valence-electron chi connectivity index (χ0n) is 14.4. The molecule has 1 aliphatic heterocycles. The monoisotopic (exact) mass is 341 g/mol. The van der Waals surface area contributed by atoms with Gasteiger partial charge in [-0.05, 0) is 18.9 Å². The van der Waals surface area contributed by atoms with Crippen molar-refractivity contribution in [2.75, 3.05) is 26.2 Å². The van der Waals surface area contributed by atoms with Crippen LogP contribution in [-0.4, -0.2) is 58.2 Å². The number of aryl methyl sites for hydroxylation is 1. The van der Waals surface area contributed by atoms with E-state index in [4.69, 9.17) is 4.52 Å². The number of aromatic nitrogens is 2. The largest absolute Gasteiger partial charge is 0.338 e. The number of nitrogens with one attached hydrogen (secondary N) is 1. The van der Waals surface area contributed by atoms with Crippen LogP contribution in [0.25, 0.3) is 0 Å². The highest BCUT2D eigenvalue weighted by molar-refractivity contribution is 5.75. The van der Waals surface area contributed by atoms with Gasteiger partial charge in [0.25, 0.3) is 0 Å². The fourth-order valence-electron chi connectivity index (χ4n) is 3.38. The standard InChI is InChI=1S/C18H23N5O2/c1-13-19-17(25-21-13)12-22-7-9-23(10-8-22)18(24)20-16-11-15(16)14-5-3-2-4-6-14/h2-6,15-16H,7-12H2,1H3,(H,20,24)/t15-,16+/m0/s1. The minimum absolute atomic E-state index is 0.0525. The second-order valence-corrected chi connectivity index (χ2v) is 6.81. The van der Waals surface area contributed by atoms with E-state index in [2.05, 4.69) is 44.6 Å². The summed E-state index contributed by atoms with van der Waals surface area (Å²) in [5.74, 6) is 1.76. The summed E-state index contributed by atoms with van der Waals surface area (Å²) in [7, 11) is 0. The molecular formula is C18H23N5O2.